The van der Waals surface area contributed by atoms with E-state index >= 15 is 0 Å². The molecule has 1 aromatic carbocycles. The molecule has 3 aromatic rings. The summed E-state index contributed by atoms with van der Waals surface area (Å²) in [7, 11) is 0. The fourth-order valence-electron chi connectivity index (χ4n) is 1.63. The van der Waals surface area contributed by atoms with Gasteiger partial charge in [0.15, 0.2) is 0 Å². The minimum Gasteiger partial charge on any atom is -0.339 e. The standard InChI is InChI=1S/C12H7Cl2N3S/c13-7-2-1-3-8(6-7)15-10-9-4-5-18-11(9)17-12(14)16-10/h1-6H,(H,15,16,17). The molecule has 0 unspecified atom stereocenters. The van der Waals surface area contributed by atoms with Gasteiger partial charge in [-0.15, -0.1) is 11.3 Å². The maximum atomic E-state index is 5.94. The second kappa shape index (κ2) is 4.72. The molecule has 6 heteroatoms. The van der Waals surface area contributed by atoms with Gasteiger partial charge >= 0.3 is 0 Å². The second-order valence-corrected chi connectivity index (χ2v) is 5.29. The first-order chi connectivity index (χ1) is 8.72. The topological polar surface area (TPSA) is 37.8 Å². The van der Waals surface area contributed by atoms with Gasteiger partial charge in [0.2, 0.25) is 5.28 Å². The van der Waals surface area contributed by atoms with Crippen molar-refractivity contribution in [2.75, 3.05) is 5.32 Å². The molecular formula is C12H7Cl2N3S. The summed E-state index contributed by atoms with van der Waals surface area (Å²) in [6.45, 7) is 0. The lowest BCUT2D eigenvalue weighted by molar-refractivity contribution is 1.23. The third kappa shape index (κ3) is 2.27. The fourth-order valence-corrected chi connectivity index (χ4v) is 2.80. The molecule has 0 radical (unpaired) electrons. The van der Waals surface area contributed by atoms with Crippen LogP contribution in [0.15, 0.2) is 35.7 Å². The lowest BCUT2D eigenvalue weighted by Gasteiger charge is -2.07. The van der Waals surface area contributed by atoms with Crippen molar-refractivity contribution in [3.05, 3.63) is 46.0 Å². The Morgan fingerprint density at radius 1 is 1.11 bits per heavy atom. The average molecular weight is 296 g/mol. The summed E-state index contributed by atoms with van der Waals surface area (Å²) in [5.74, 6) is 0.688. The zero-order chi connectivity index (χ0) is 12.5. The smallest absolute Gasteiger partial charge is 0.225 e. The molecule has 3 nitrogen and oxygen atoms in total. The zero-order valence-corrected chi connectivity index (χ0v) is 11.4. The molecule has 0 spiro atoms. The molecule has 18 heavy (non-hydrogen) atoms. The van der Waals surface area contributed by atoms with Gasteiger partial charge in [0.1, 0.15) is 10.6 Å². The number of hydrogen-bond donors (Lipinski definition) is 1. The molecule has 1 N–H and O–H groups in total. The van der Waals surface area contributed by atoms with Crippen molar-refractivity contribution in [1.29, 1.82) is 0 Å². The molecule has 2 heterocycles. The maximum absolute atomic E-state index is 5.94. The molecule has 0 saturated carbocycles. The molecular weight excluding hydrogens is 289 g/mol. The summed E-state index contributed by atoms with van der Waals surface area (Å²) in [6.07, 6.45) is 0. The van der Waals surface area contributed by atoms with E-state index < -0.39 is 0 Å². The number of fused-ring (bicyclic) bond motifs is 1. The fraction of sp³-hybridized carbons (Fsp3) is 0. The minimum absolute atomic E-state index is 0.231. The van der Waals surface area contributed by atoms with Gasteiger partial charge in [-0.2, -0.15) is 4.98 Å². The predicted octanol–water partition coefficient (Wildman–Crippen LogP) is 4.74. The summed E-state index contributed by atoms with van der Waals surface area (Å²) in [4.78, 5) is 9.23. The van der Waals surface area contributed by atoms with Gasteiger partial charge in [-0.25, -0.2) is 4.98 Å². The van der Waals surface area contributed by atoms with Crippen molar-refractivity contribution in [3.63, 3.8) is 0 Å². The van der Waals surface area contributed by atoms with Gasteiger partial charge in [-0.1, -0.05) is 17.7 Å². The van der Waals surface area contributed by atoms with Crippen LogP contribution < -0.4 is 5.32 Å². The Hall–Kier alpha value is -1.36. The van der Waals surface area contributed by atoms with Crippen LogP contribution >= 0.6 is 34.5 Å². The number of rotatable bonds is 2. The van der Waals surface area contributed by atoms with E-state index in [2.05, 4.69) is 15.3 Å². The Labute approximate surface area is 117 Å². The molecule has 0 bridgehead atoms. The van der Waals surface area contributed by atoms with E-state index in [-0.39, 0.29) is 5.28 Å². The van der Waals surface area contributed by atoms with Gasteiger partial charge < -0.3 is 5.32 Å². The Kier molecular flexibility index (Phi) is 3.07. The van der Waals surface area contributed by atoms with Crippen LogP contribution in [0.5, 0.6) is 0 Å². The SMILES string of the molecule is Clc1cccc(Nc2nc(Cl)nc3sccc23)c1. The molecule has 2 aromatic heterocycles. The lowest BCUT2D eigenvalue weighted by Crippen LogP contribution is -1.95. The normalized spacial score (nSPS) is 10.8. The first-order valence-electron chi connectivity index (χ1n) is 5.16. The van der Waals surface area contributed by atoms with Crippen LogP contribution in [-0.2, 0) is 0 Å². The summed E-state index contributed by atoms with van der Waals surface area (Å²) < 4.78 is 0. The number of halogens is 2. The van der Waals surface area contributed by atoms with Gasteiger partial charge in [0, 0.05) is 10.7 Å². The highest BCUT2D eigenvalue weighted by atomic mass is 35.5. The highest BCUT2D eigenvalue weighted by molar-refractivity contribution is 7.16. The highest BCUT2D eigenvalue weighted by Gasteiger charge is 2.08. The number of hydrogen-bond acceptors (Lipinski definition) is 4. The van der Waals surface area contributed by atoms with E-state index in [1.54, 1.807) is 0 Å². The van der Waals surface area contributed by atoms with Gasteiger partial charge in [0.25, 0.3) is 0 Å². The van der Waals surface area contributed by atoms with Crippen molar-refractivity contribution >= 4 is 56.3 Å². The van der Waals surface area contributed by atoms with Gasteiger partial charge in [-0.3, -0.25) is 0 Å². The summed E-state index contributed by atoms with van der Waals surface area (Å²) >= 11 is 13.4. The predicted molar refractivity (Wildman–Crippen MR) is 77.2 cm³/mol. The van der Waals surface area contributed by atoms with Crippen LogP contribution in [0.4, 0.5) is 11.5 Å². The van der Waals surface area contributed by atoms with Crippen molar-refractivity contribution < 1.29 is 0 Å². The molecule has 0 fully saturated rings. The molecule has 0 atom stereocenters. The van der Waals surface area contributed by atoms with Crippen molar-refractivity contribution in [3.8, 4) is 0 Å². The maximum Gasteiger partial charge on any atom is 0.225 e. The molecule has 0 amide bonds. The molecule has 0 aliphatic heterocycles. The van der Waals surface area contributed by atoms with Crippen LogP contribution in [0.2, 0.25) is 10.3 Å². The monoisotopic (exact) mass is 295 g/mol. The molecule has 0 saturated heterocycles. The minimum atomic E-state index is 0.231. The Bertz CT molecular complexity index is 711. The number of thiophene rings is 1. The first kappa shape index (κ1) is 11.7. The van der Waals surface area contributed by atoms with Crippen LogP contribution in [-0.4, -0.2) is 9.97 Å². The number of anilines is 2. The molecule has 0 aliphatic rings. The van der Waals surface area contributed by atoms with Crippen LogP contribution in [0, 0.1) is 0 Å². The zero-order valence-electron chi connectivity index (χ0n) is 9.02. The molecule has 0 aliphatic carbocycles. The van der Waals surface area contributed by atoms with E-state index in [1.807, 2.05) is 35.7 Å². The Balaban J connectivity index is 2.06. The largest absolute Gasteiger partial charge is 0.339 e. The number of nitrogens with zero attached hydrogens (tertiary/aromatic N) is 2. The number of nitrogens with one attached hydrogen (secondary N) is 1. The average Bonchev–Trinajstić information content (AvgIpc) is 2.77. The number of benzene rings is 1. The van der Waals surface area contributed by atoms with E-state index in [4.69, 9.17) is 23.2 Å². The Morgan fingerprint density at radius 2 is 2.00 bits per heavy atom. The molecule has 90 valence electrons. The second-order valence-electron chi connectivity index (χ2n) is 3.62. The van der Waals surface area contributed by atoms with Crippen LogP contribution in [0.25, 0.3) is 10.2 Å². The van der Waals surface area contributed by atoms with E-state index in [9.17, 15) is 0 Å². The summed E-state index contributed by atoms with van der Waals surface area (Å²) in [6, 6.07) is 9.40. The van der Waals surface area contributed by atoms with Crippen molar-refractivity contribution in [2.24, 2.45) is 0 Å². The van der Waals surface area contributed by atoms with E-state index in [0.717, 1.165) is 15.9 Å². The van der Waals surface area contributed by atoms with E-state index in [0.29, 0.717) is 10.8 Å². The number of aromatic nitrogens is 2. The third-order valence-corrected chi connectivity index (χ3v) is 3.60. The quantitative estimate of drug-likeness (QED) is 0.694. The molecule has 3 rings (SSSR count). The van der Waals surface area contributed by atoms with Gasteiger partial charge in [0.05, 0.1) is 5.39 Å². The highest BCUT2D eigenvalue weighted by Crippen LogP contribution is 2.29. The summed E-state index contributed by atoms with van der Waals surface area (Å²) in [5, 5.41) is 7.01. The van der Waals surface area contributed by atoms with E-state index in [1.165, 1.54) is 11.3 Å². The van der Waals surface area contributed by atoms with Crippen LogP contribution in [0.3, 0.4) is 0 Å². The van der Waals surface area contributed by atoms with Crippen molar-refractivity contribution in [2.45, 2.75) is 0 Å². The third-order valence-electron chi connectivity index (χ3n) is 2.39. The van der Waals surface area contributed by atoms with Gasteiger partial charge in [-0.05, 0) is 41.2 Å². The van der Waals surface area contributed by atoms with Crippen molar-refractivity contribution in [1.82, 2.24) is 9.97 Å². The first-order valence-corrected chi connectivity index (χ1v) is 6.79. The summed E-state index contributed by atoms with van der Waals surface area (Å²) in [5.41, 5.74) is 0.866. The van der Waals surface area contributed by atoms with Crippen LogP contribution in [0.1, 0.15) is 0 Å². The Morgan fingerprint density at radius 3 is 2.83 bits per heavy atom. The lowest BCUT2D eigenvalue weighted by atomic mass is 10.3.